The Morgan fingerprint density at radius 2 is 1.93 bits per heavy atom. The molecule has 0 radical (unpaired) electrons. The van der Waals surface area contributed by atoms with Crippen LogP contribution in [0.25, 0.3) is 0 Å². The average molecular weight is 532 g/mol. The van der Waals surface area contributed by atoms with Gasteiger partial charge in [-0.25, -0.2) is 0 Å². The number of ether oxygens (including phenoxy) is 2. The molecule has 168 valence electrons. The molecule has 0 saturated heterocycles. The molecule has 0 fully saturated rings. The van der Waals surface area contributed by atoms with Gasteiger partial charge in [-0.1, -0.05) is 12.1 Å². The van der Waals surface area contributed by atoms with E-state index in [1.165, 1.54) is 11.9 Å². The number of guanidine groups is 1. The Labute approximate surface area is 188 Å². The van der Waals surface area contributed by atoms with Gasteiger partial charge in [0, 0.05) is 52.4 Å². The zero-order valence-electron chi connectivity index (χ0n) is 17.4. The molecular formula is C19H32F3IN4O2. The normalized spacial score (nSPS) is 11.9. The quantitative estimate of drug-likeness (QED) is 0.199. The van der Waals surface area contributed by atoms with Crippen molar-refractivity contribution >= 4 is 29.9 Å². The molecule has 6 nitrogen and oxygen atoms in total. The highest BCUT2D eigenvalue weighted by Gasteiger charge is 2.28. The summed E-state index contributed by atoms with van der Waals surface area (Å²) in [6.45, 7) is 3.34. The summed E-state index contributed by atoms with van der Waals surface area (Å²) in [7, 11) is 4.71. The summed E-state index contributed by atoms with van der Waals surface area (Å²) in [5, 5.41) is 6.18. The number of alkyl halides is 3. The smallest absolute Gasteiger partial charge is 0.401 e. The van der Waals surface area contributed by atoms with E-state index < -0.39 is 12.7 Å². The predicted molar refractivity (Wildman–Crippen MR) is 120 cm³/mol. The molecule has 0 aliphatic carbocycles. The van der Waals surface area contributed by atoms with Crippen molar-refractivity contribution in [3.05, 3.63) is 29.3 Å². The van der Waals surface area contributed by atoms with Crippen LogP contribution in [-0.4, -0.2) is 71.1 Å². The second-order valence-corrected chi connectivity index (χ2v) is 6.51. The van der Waals surface area contributed by atoms with Gasteiger partial charge in [0.05, 0.1) is 13.2 Å². The zero-order chi connectivity index (χ0) is 21.0. The van der Waals surface area contributed by atoms with Crippen LogP contribution in [0.15, 0.2) is 23.2 Å². The van der Waals surface area contributed by atoms with Crippen molar-refractivity contribution in [1.82, 2.24) is 15.5 Å². The summed E-state index contributed by atoms with van der Waals surface area (Å²) in [4.78, 5) is 5.32. The van der Waals surface area contributed by atoms with E-state index in [4.69, 9.17) is 9.47 Å². The molecule has 0 unspecified atom stereocenters. The van der Waals surface area contributed by atoms with E-state index in [0.29, 0.717) is 32.3 Å². The number of rotatable bonds is 11. The highest BCUT2D eigenvalue weighted by molar-refractivity contribution is 14.0. The van der Waals surface area contributed by atoms with Gasteiger partial charge in [-0.05, 0) is 25.6 Å². The molecule has 0 saturated carbocycles. The first-order valence-electron chi connectivity index (χ1n) is 9.16. The maximum absolute atomic E-state index is 12.3. The first kappa shape index (κ1) is 27.7. The van der Waals surface area contributed by atoms with Gasteiger partial charge in [0.2, 0.25) is 0 Å². The SMILES string of the molecule is CN=C(NCCN(C)CC(F)(F)F)NCc1ccc(C)cc1OCCCOC.I. The molecule has 1 aromatic carbocycles. The van der Waals surface area contributed by atoms with Gasteiger partial charge in [0.25, 0.3) is 0 Å². The van der Waals surface area contributed by atoms with Crippen LogP contribution < -0.4 is 15.4 Å². The first-order chi connectivity index (χ1) is 13.2. The van der Waals surface area contributed by atoms with E-state index in [0.717, 1.165) is 23.3 Å². The first-order valence-corrected chi connectivity index (χ1v) is 9.16. The minimum absolute atomic E-state index is 0. The van der Waals surface area contributed by atoms with Gasteiger partial charge in [-0.15, -0.1) is 24.0 Å². The van der Waals surface area contributed by atoms with E-state index in [9.17, 15) is 13.2 Å². The monoisotopic (exact) mass is 532 g/mol. The van der Waals surface area contributed by atoms with E-state index in [1.54, 1.807) is 14.2 Å². The highest BCUT2D eigenvalue weighted by atomic mass is 127. The molecule has 2 N–H and O–H groups in total. The van der Waals surface area contributed by atoms with Crippen LogP contribution in [0.4, 0.5) is 13.2 Å². The zero-order valence-corrected chi connectivity index (χ0v) is 19.8. The Bertz CT molecular complexity index is 616. The largest absolute Gasteiger partial charge is 0.493 e. The molecule has 0 bridgehead atoms. The topological polar surface area (TPSA) is 58.1 Å². The molecule has 29 heavy (non-hydrogen) atoms. The fourth-order valence-electron chi connectivity index (χ4n) is 2.48. The lowest BCUT2D eigenvalue weighted by molar-refractivity contribution is -0.142. The second kappa shape index (κ2) is 14.7. The van der Waals surface area contributed by atoms with Crippen LogP contribution in [0.5, 0.6) is 5.75 Å². The number of hydrogen-bond donors (Lipinski definition) is 2. The summed E-state index contributed by atoms with van der Waals surface area (Å²) >= 11 is 0. The van der Waals surface area contributed by atoms with Crippen LogP contribution in [0, 0.1) is 6.92 Å². The van der Waals surface area contributed by atoms with Crippen LogP contribution in [0.3, 0.4) is 0 Å². The van der Waals surface area contributed by atoms with Gasteiger partial charge in [0.15, 0.2) is 5.96 Å². The van der Waals surface area contributed by atoms with Crippen LogP contribution in [0.1, 0.15) is 17.5 Å². The van der Waals surface area contributed by atoms with Crippen molar-refractivity contribution in [3.63, 3.8) is 0 Å². The maximum Gasteiger partial charge on any atom is 0.401 e. The molecule has 0 heterocycles. The summed E-state index contributed by atoms with van der Waals surface area (Å²) < 4.78 is 47.9. The molecule has 1 aromatic rings. The third kappa shape index (κ3) is 12.8. The van der Waals surface area contributed by atoms with Crippen molar-refractivity contribution in [2.45, 2.75) is 26.1 Å². The molecule has 10 heteroatoms. The van der Waals surface area contributed by atoms with Crippen molar-refractivity contribution in [2.24, 2.45) is 4.99 Å². The Morgan fingerprint density at radius 3 is 2.55 bits per heavy atom. The lowest BCUT2D eigenvalue weighted by atomic mass is 10.1. The van der Waals surface area contributed by atoms with Gasteiger partial charge < -0.3 is 20.1 Å². The minimum atomic E-state index is -4.19. The fraction of sp³-hybridized carbons (Fsp3) is 0.632. The molecular weight excluding hydrogens is 500 g/mol. The number of halogens is 4. The Balaban J connectivity index is 0.00000784. The average Bonchev–Trinajstić information content (AvgIpc) is 2.61. The van der Waals surface area contributed by atoms with E-state index in [-0.39, 0.29) is 30.5 Å². The number of nitrogens with one attached hydrogen (secondary N) is 2. The summed E-state index contributed by atoms with van der Waals surface area (Å²) in [6.07, 6.45) is -3.40. The van der Waals surface area contributed by atoms with E-state index in [2.05, 4.69) is 15.6 Å². The molecule has 0 amide bonds. The molecule has 1 rings (SSSR count). The maximum atomic E-state index is 12.3. The van der Waals surface area contributed by atoms with Crippen LogP contribution >= 0.6 is 24.0 Å². The molecule has 0 aliphatic rings. The lowest BCUT2D eigenvalue weighted by Crippen LogP contribution is -2.42. The minimum Gasteiger partial charge on any atom is -0.493 e. The number of methoxy groups -OCH3 is 1. The van der Waals surface area contributed by atoms with Crippen LogP contribution in [-0.2, 0) is 11.3 Å². The number of likely N-dealkylation sites (N-methyl/N-ethyl adjacent to an activating group) is 1. The number of hydrogen-bond acceptors (Lipinski definition) is 4. The number of nitrogens with zero attached hydrogens (tertiary/aromatic N) is 2. The third-order valence-corrected chi connectivity index (χ3v) is 3.88. The Morgan fingerprint density at radius 1 is 1.21 bits per heavy atom. The summed E-state index contributed by atoms with van der Waals surface area (Å²) in [5.74, 6) is 1.32. The highest BCUT2D eigenvalue weighted by Crippen LogP contribution is 2.20. The van der Waals surface area contributed by atoms with E-state index in [1.807, 2.05) is 25.1 Å². The number of aryl methyl sites for hydroxylation is 1. The summed E-state index contributed by atoms with van der Waals surface area (Å²) in [5.41, 5.74) is 2.07. The number of benzene rings is 1. The van der Waals surface area contributed by atoms with Crippen LogP contribution in [0.2, 0.25) is 0 Å². The molecule has 0 spiro atoms. The molecule has 0 atom stereocenters. The Hall–Kier alpha value is -1.27. The fourth-order valence-corrected chi connectivity index (χ4v) is 2.48. The third-order valence-electron chi connectivity index (χ3n) is 3.88. The van der Waals surface area contributed by atoms with Gasteiger partial charge >= 0.3 is 6.18 Å². The van der Waals surface area contributed by atoms with Gasteiger partial charge in [0.1, 0.15) is 5.75 Å². The number of aliphatic imine (C=N–C) groups is 1. The molecule has 0 aromatic heterocycles. The van der Waals surface area contributed by atoms with Crippen molar-refractivity contribution in [2.75, 3.05) is 54.1 Å². The van der Waals surface area contributed by atoms with Crippen molar-refractivity contribution in [3.8, 4) is 5.75 Å². The second-order valence-electron chi connectivity index (χ2n) is 6.51. The van der Waals surface area contributed by atoms with Crippen molar-refractivity contribution < 1.29 is 22.6 Å². The van der Waals surface area contributed by atoms with Crippen molar-refractivity contribution in [1.29, 1.82) is 0 Å². The standard InChI is InChI=1S/C19H31F3N4O2.HI/c1-15-6-7-16(17(12-15)28-11-5-10-27-4)13-25-18(23-2)24-8-9-26(3)14-19(20,21)22;/h6-7,12H,5,8-11,13-14H2,1-4H3,(H2,23,24,25);1H. The van der Waals surface area contributed by atoms with Gasteiger partial charge in [-0.2, -0.15) is 13.2 Å². The lowest BCUT2D eigenvalue weighted by Gasteiger charge is -2.20. The Kier molecular flexibility index (Phi) is 14.0. The van der Waals surface area contributed by atoms with E-state index >= 15 is 0 Å². The molecule has 0 aliphatic heterocycles. The summed E-state index contributed by atoms with van der Waals surface area (Å²) in [6, 6.07) is 5.96. The van der Waals surface area contributed by atoms with Gasteiger partial charge in [-0.3, -0.25) is 9.89 Å². The predicted octanol–water partition coefficient (Wildman–Crippen LogP) is 3.19.